The summed E-state index contributed by atoms with van der Waals surface area (Å²) in [6, 6.07) is 12.2. The third kappa shape index (κ3) is 4.69. The lowest BCUT2D eigenvalue weighted by atomic mass is 10.1. The number of nitrogens with one attached hydrogen (secondary N) is 1. The molecule has 1 fully saturated rings. The second kappa shape index (κ2) is 9.40. The largest absolute Gasteiger partial charge is 0.497 e. The van der Waals surface area contributed by atoms with E-state index >= 15 is 0 Å². The number of hydrogen-bond acceptors (Lipinski definition) is 6. The van der Waals surface area contributed by atoms with Crippen molar-refractivity contribution < 1.29 is 17.9 Å². The summed E-state index contributed by atoms with van der Waals surface area (Å²) in [5, 5.41) is 5.12. The van der Waals surface area contributed by atoms with Crippen molar-refractivity contribution in [3.05, 3.63) is 59.0 Å². The van der Waals surface area contributed by atoms with E-state index in [-0.39, 0.29) is 10.8 Å². The average molecular weight is 472 g/mol. The van der Waals surface area contributed by atoms with E-state index in [0.717, 1.165) is 36.3 Å². The Morgan fingerprint density at radius 2 is 1.81 bits per heavy atom. The number of nitrogens with zero attached hydrogens (tertiary/aromatic N) is 2. The van der Waals surface area contributed by atoms with E-state index in [4.69, 9.17) is 4.74 Å². The number of carbonyl (C=O) groups is 1. The maximum absolute atomic E-state index is 13.0. The van der Waals surface area contributed by atoms with Crippen LogP contribution >= 0.6 is 11.3 Å². The van der Waals surface area contributed by atoms with E-state index in [1.165, 1.54) is 21.7 Å². The van der Waals surface area contributed by atoms with Crippen LogP contribution in [-0.4, -0.2) is 43.8 Å². The number of sulfonamides is 1. The highest BCUT2D eigenvalue weighted by Gasteiger charge is 2.27. The maximum Gasteiger partial charge on any atom is 0.257 e. The molecule has 0 aliphatic carbocycles. The zero-order chi connectivity index (χ0) is 22.7. The molecule has 2 heterocycles. The Morgan fingerprint density at radius 3 is 2.50 bits per heavy atom. The van der Waals surface area contributed by atoms with Gasteiger partial charge in [-0.15, -0.1) is 11.3 Å². The molecule has 0 radical (unpaired) electrons. The third-order valence-electron chi connectivity index (χ3n) is 5.52. The number of methoxy groups -OCH3 is 1. The van der Waals surface area contributed by atoms with Gasteiger partial charge in [0.25, 0.3) is 5.91 Å². The summed E-state index contributed by atoms with van der Waals surface area (Å²) in [6.45, 7) is 2.83. The monoisotopic (exact) mass is 471 g/mol. The van der Waals surface area contributed by atoms with E-state index in [1.54, 1.807) is 26.2 Å². The Bertz CT molecular complexity index is 1210. The highest BCUT2D eigenvalue weighted by atomic mass is 32.2. The summed E-state index contributed by atoms with van der Waals surface area (Å²) in [5.74, 6) is 0.376. The van der Waals surface area contributed by atoms with Gasteiger partial charge in [-0.1, -0.05) is 12.5 Å². The number of amides is 1. The molecule has 0 bridgehead atoms. The van der Waals surface area contributed by atoms with E-state index in [9.17, 15) is 13.2 Å². The molecular weight excluding hydrogens is 446 g/mol. The summed E-state index contributed by atoms with van der Waals surface area (Å²) in [7, 11) is -2.00. The fourth-order valence-electron chi connectivity index (χ4n) is 3.65. The zero-order valence-electron chi connectivity index (χ0n) is 18.0. The molecule has 7 nitrogen and oxygen atoms in total. The summed E-state index contributed by atoms with van der Waals surface area (Å²) < 4.78 is 32.7. The highest BCUT2D eigenvalue weighted by molar-refractivity contribution is 7.89. The number of aromatic nitrogens is 1. The fraction of sp³-hybridized carbons (Fsp3) is 0.304. The van der Waals surface area contributed by atoms with Gasteiger partial charge in [-0.05, 0) is 61.7 Å². The second-order valence-electron chi connectivity index (χ2n) is 7.66. The highest BCUT2D eigenvalue weighted by Crippen LogP contribution is 2.28. The number of ether oxygens (including phenoxy) is 1. The Kier molecular flexibility index (Phi) is 6.59. The number of benzene rings is 2. The lowest BCUT2D eigenvalue weighted by molar-refractivity contribution is 0.102. The number of hydrogen-bond donors (Lipinski definition) is 1. The van der Waals surface area contributed by atoms with Gasteiger partial charge >= 0.3 is 0 Å². The molecule has 1 aromatic heterocycles. The van der Waals surface area contributed by atoms with Gasteiger partial charge in [0.2, 0.25) is 10.0 Å². The topological polar surface area (TPSA) is 88.6 Å². The van der Waals surface area contributed by atoms with Crippen molar-refractivity contribution in [2.24, 2.45) is 0 Å². The fourth-order valence-corrected chi connectivity index (χ4v) is 5.91. The van der Waals surface area contributed by atoms with E-state index in [1.807, 2.05) is 29.6 Å². The normalized spacial score (nSPS) is 14.8. The predicted octanol–water partition coefficient (Wildman–Crippen LogP) is 4.55. The molecule has 0 saturated carbocycles. The molecule has 3 aromatic rings. The quantitative estimate of drug-likeness (QED) is 0.570. The summed E-state index contributed by atoms with van der Waals surface area (Å²) in [4.78, 5) is 17.6. The molecule has 32 heavy (non-hydrogen) atoms. The number of aryl methyl sites for hydroxylation is 1. The van der Waals surface area contributed by atoms with Gasteiger partial charge in [-0.2, -0.15) is 4.31 Å². The van der Waals surface area contributed by atoms with Crippen LogP contribution in [0, 0.1) is 6.92 Å². The molecule has 1 saturated heterocycles. The average Bonchev–Trinajstić information content (AvgIpc) is 3.28. The molecule has 168 valence electrons. The van der Waals surface area contributed by atoms with Gasteiger partial charge in [0.15, 0.2) is 5.13 Å². The molecular formula is C23H25N3O4S2. The van der Waals surface area contributed by atoms with E-state index in [0.29, 0.717) is 29.3 Å². The molecule has 9 heteroatoms. The minimum atomic E-state index is -3.62. The van der Waals surface area contributed by atoms with Gasteiger partial charge in [-0.25, -0.2) is 13.4 Å². The van der Waals surface area contributed by atoms with Crippen molar-refractivity contribution in [3.8, 4) is 17.0 Å². The van der Waals surface area contributed by atoms with Crippen molar-refractivity contribution in [1.29, 1.82) is 0 Å². The van der Waals surface area contributed by atoms with Crippen molar-refractivity contribution in [1.82, 2.24) is 9.29 Å². The van der Waals surface area contributed by atoms with Crippen molar-refractivity contribution >= 4 is 32.4 Å². The van der Waals surface area contributed by atoms with Crippen LogP contribution < -0.4 is 10.1 Å². The third-order valence-corrected chi connectivity index (χ3v) is 8.17. The van der Waals surface area contributed by atoms with Crippen LogP contribution in [0.25, 0.3) is 11.3 Å². The Morgan fingerprint density at radius 1 is 1.09 bits per heavy atom. The first-order valence-electron chi connectivity index (χ1n) is 10.4. The lowest BCUT2D eigenvalue weighted by Crippen LogP contribution is -2.35. The minimum absolute atomic E-state index is 0.146. The van der Waals surface area contributed by atoms with Crippen molar-refractivity contribution in [2.75, 3.05) is 25.5 Å². The molecule has 0 atom stereocenters. The molecule has 1 N–H and O–H groups in total. The number of anilines is 1. The van der Waals surface area contributed by atoms with Crippen LogP contribution in [0.2, 0.25) is 0 Å². The van der Waals surface area contributed by atoms with Gasteiger partial charge < -0.3 is 4.74 Å². The second-order valence-corrected chi connectivity index (χ2v) is 10.5. The van der Waals surface area contributed by atoms with Crippen LogP contribution in [0.4, 0.5) is 5.13 Å². The van der Waals surface area contributed by atoms with E-state index in [2.05, 4.69) is 10.3 Å². The molecule has 4 rings (SSSR count). The molecule has 1 aliphatic heterocycles. The number of piperidine rings is 1. The van der Waals surface area contributed by atoms with Gasteiger partial charge in [-0.3, -0.25) is 10.1 Å². The standard InChI is InChI=1S/C23H25N3O4S2/c1-16-6-11-19(32(28,29)26-12-4-3-5-13-26)14-20(16)22(27)25-23-24-21(15-31-23)17-7-9-18(30-2)10-8-17/h6-11,14-15H,3-5,12-13H2,1-2H3,(H,24,25,27). The minimum Gasteiger partial charge on any atom is -0.497 e. The molecule has 2 aromatic carbocycles. The van der Waals surface area contributed by atoms with Crippen LogP contribution in [0.5, 0.6) is 5.75 Å². The Balaban J connectivity index is 1.53. The molecule has 0 unspecified atom stereocenters. The predicted molar refractivity (Wildman–Crippen MR) is 126 cm³/mol. The van der Waals surface area contributed by atoms with Gasteiger partial charge in [0, 0.05) is 29.6 Å². The maximum atomic E-state index is 13.0. The summed E-state index contributed by atoms with van der Waals surface area (Å²) in [5.41, 5.74) is 2.68. The zero-order valence-corrected chi connectivity index (χ0v) is 19.6. The first-order valence-corrected chi connectivity index (χ1v) is 12.7. The first-order chi connectivity index (χ1) is 15.4. The number of thiazole rings is 1. The van der Waals surface area contributed by atoms with Crippen molar-refractivity contribution in [2.45, 2.75) is 31.1 Å². The first kappa shape index (κ1) is 22.4. The molecule has 1 aliphatic rings. The summed E-state index contributed by atoms with van der Waals surface area (Å²) in [6.07, 6.45) is 2.76. The Labute approximate surface area is 192 Å². The number of rotatable bonds is 6. The smallest absolute Gasteiger partial charge is 0.257 e. The van der Waals surface area contributed by atoms with Crippen LogP contribution in [0.3, 0.4) is 0 Å². The van der Waals surface area contributed by atoms with Crippen molar-refractivity contribution in [3.63, 3.8) is 0 Å². The van der Waals surface area contributed by atoms with Crippen LogP contribution in [-0.2, 0) is 10.0 Å². The van der Waals surface area contributed by atoms with E-state index < -0.39 is 10.0 Å². The van der Waals surface area contributed by atoms with Gasteiger partial charge in [0.1, 0.15) is 5.75 Å². The Hall–Kier alpha value is -2.75. The SMILES string of the molecule is COc1ccc(-c2csc(NC(=O)c3cc(S(=O)(=O)N4CCCCC4)ccc3C)n2)cc1. The number of carbonyl (C=O) groups excluding carboxylic acids is 1. The van der Waals surface area contributed by atoms with Gasteiger partial charge in [0.05, 0.1) is 17.7 Å². The summed E-state index contributed by atoms with van der Waals surface area (Å²) >= 11 is 1.31. The molecule has 0 spiro atoms. The van der Waals surface area contributed by atoms with Crippen LogP contribution in [0.1, 0.15) is 35.2 Å². The molecule has 1 amide bonds. The lowest BCUT2D eigenvalue weighted by Gasteiger charge is -2.26. The van der Waals surface area contributed by atoms with Crippen LogP contribution in [0.15, 0.2) is 52.7 Å².